The number of carbonyl (C=O) groups is 2. The van der Waals surface area contributed by atoms with Gasteiger partial charge in [-0.25, -0.2) is 0 Å². The molecule has 4 aromatic rings. The number of rotatable bonds is 9. The van der Waals surface area contributed by atoms with E-state index in [4.69, 9.17) is 4.42 Å². The van der Waals surface area contributed by atoms with Gasteiger partial charge in [0.05, 0.1) is 11.6 Å². The van der Waals surface area contributed by atoms with Crippen LogP contribution in [0, 0.1) is 17.2 Å². The second-order valence-corrected chi connectivity index (χ2v) is 11.8. The van der Waals surface area contributed by atoms with Crippen molar-refractivity contribution in [3.63, 3.8) is 0 Å². The Bertz CT molecular complexity index is 1650. The lowest BCUT2D eigenvalue weighted by Crippen LogP contribution is -2.46. The van der Waals surface area contributed by atoms with E-state index in [0.717, 1.165) is 99.6 Å². The number of nitrogens with zero attached hydrogens (tertiary/aromatic N) is 4. The largest absolute Gasteiger partial charge is 0.451 e. The van der Waals surface area contributed by atoms with Crippen LogP contribution in [0.1, 0.15) is 60.2 Å². The van der Waals surface area contributed by atoms with Crippen molar-refractivity contribution < 1.29 is 14.0 Å². The number of anilines is 1. The van der Waals surface area contributed by atoms with Gasteiger partial charge in [-0.15, -0.1) is 0 Å². The second-order valence-electron chi connectivity index (χ2n) is 11.8. The van der Waals surface area contributed by atoms with Crippen molar-refractivity contribution in [3.8, 4) is 6.07 Å². The van der Waals surface area contributed by atoms with Crippen molar-refractivity contribution in [2.45, 2.75) is 51.0 Å². The summed E-state index contributed by atoms with van der Waals surface area (Å²) in [5.41, 5.74) is 4.91. The minimum Gasteiger partial charge on any atom is -0.451 e. The highest BCUT2D eigenvalue weighted by Gasteiger charge is 2.44. The highest BCUT2D eigenvalue weighted by molar-refractivity contribution is 6.06. The predicted octanol–water partition coefficient (Wildman–Crippen LogP) is 5.47. The summed E-state index contributed by atoms with van der Waals surface area (Å²) in [4.78, 5) is 35.7. The third-order valence-corrected chi connectivity index (χ3v) is 8.81. The van der Waals surface area contributed by atoms with Crippen LogP contribution >= 0.6 is 0 Å². The number of hydrogen-bond acceptors (Lipinski definition) is 6. The van der Waals surface area contributed by atoms with Gasteiger partial charge in [-0.1, -0.05) is 0 Å². The molecule has 2 amide bonds. The van der Waals surface area contributed by atoms with Crippen LogP contribution in [0.5, 0.6) is 0 Å². The van der Waals surface area contributed by atoms with Crippen LogP contribution in [0.25, 0.3) is 21.9 Å². The number of unbranched alkanes of at least 4 members (excludes halogenated alkanes) is 1. The first-order valence-corrected chi connectivity index (χ1v) is 15.0. The fraction of sp³-hybridized carbons (Fsp3) is 0.424. The first kappa shape index (κ1) is 25.8. The van der Waals surface area contributed by atoms with E-state index in [-0.39, 0.29) is 29.5 Å². The Morgan fingerprint density at radius 2 is 1.83 bits per heavy atom. The lowest BCUT2D eigenvalue weighted by molar-refractivity contribution is -0.130. The topological polar surface area (TPSA) is 96.6 Å². The van der Waals surface area contributed by atoms with Crippen LogP contribution in [0.2, 0.25) is 0 Å². The second kappa shape index (κ2) is 10.7. The number of benzene rings is 2. The summed E-state index contributed by atoms with van der Waals surface area (Å²) < 4.78 is 5.93. The van der Waals surface area contributed by atoms with Crippen molar-refractivity contribution in [3.05, 3.63) is 65.5 Å². The Balaban J connectivity index is 0.921. The quantitative estimate of drug-likeness (QED) is 0.220. The molecule has 0 unspecified atom stereocenters. The summed E-state index contributed by atoms with van der Waals surface area (Å²) in [5.74, 6) is -0.0237. The van der Waals surface area contributed by atoms with E-state index in [1.807, 2.05) is 30.3 Å². The number of aromatic nitrogens is 1. The molecule has 1 aliphatic heterocycles. The minimum absolute atomic E-state index is 0.0207. The number of carbonyl (C=O) groups excluding carboxylic acids is 2. The molecule has 3 fully saturated rings. The van der Waals surface area contributed by atoms with E-state index in [0.29, 0.717) is 11.1 Å². The number of furan rings is 1. The van der Waals surface area contributed by atoms with Crippen molar-refractivity contribution in [2.24, 2.45) is 5.92 Å². The molecule has 2 aromatic heterocycles. The zero-order valence-electron chi connectivity index (χ0n) is 23.3. The molecule has 0 spiro atoms. The van der Waals surface area contributed by atoms with Gasteiger partial charge in [0.1, 0.15) is 5.58 Å². The van der Waals surface area contributed by atoms with Gasteiger partial charge in [0.2, 0.25) is 5.91 Å². The molecule has 0 radical (unpaired) electrons. The number of fused-ring (bicyclic) bond motifs is 2. The maximum Gasteiger partial charge on any atom is 0.296 e. The average molecular weight is 550 g/mol. The Kier molecular flexibility index (Phi) is 6.76. The SMILES string of the molecule is N#Cc1ccc2[nH]cc(CCCCN3CCN(c4ccc5oc(C(=O)N(C(=O)C6CC6)C6CC6)cc5c4)CC3)c2c1. The van der Waals surface area contributed by atoms with Crippen LogP contribution in [0.3, 0.4) is 0 Å². The van der Waals surface area contributed by atoms with Gasteiger partial charge in [-0.3, -0.25) is 19.4 Å². The third-order valence-electron chi connectivity index (χ3n) is 8.81. The number of amides is 2. The van der Waals surface area contributed by atoms with Gasteiger partial charge < -0.3 is 14.3 Å². The van der Waals surface area contributed by atoms with Crippen molar-refractivity contribution in [2.75, 3.05) is 37.6 Å². The van der Waals surface area contributed by atoms with Crippen LogP contribution in [0.15, 0.2) is 53.1 Å². The highest BCUT2D eigenvalue weighted by atomic mass is 16.3. The molecule has 3 aliphatic rings. The summed E-state index contributed by atoms with van der Waals surface area (Å²) in [7, 11) is 0. The van der Waals surface area contributed by atoms with Crippen molar-refractivity contribution >= 4 is 39.4 Å². The molecule has 8 nitrogen and oxygen atoms in total. The summed E-state index contributed by atoms with van der Waals surface area (Å²) in [6.45, 7) is 5.04. The number of nitriles is 1. The third kappa shape index (κ3) is 5.34. The maximum absolute atomic E-state index is 13.2. The first-order valence-electron chi connectivity index (χ1n) is 15.0. The Morgan fingerprint density at radius 1 is 1.00 bits per heavy atom. The molecule has 0 atom stereocenters. The van der Waals surface area contributed by atoms with Gasteiger partial charge in [-0.2, -0.15) is 5.26 Å². The lowest BCUT2D eigenvalue weighted by Gasteiger charge is -2.36. The van der Waals surface area contributed by atoms with Gasteiger partial charge in [0.25, 0.3) is 5.91 Å². The molecular weight excluding hydrogens is 514 g/mol. The van der Waals surface area contributed by atoms with Crippen LogP contribution < -0.4 is 4.90 Å². The van der Waals surface area contributed by atoms with Crippen molar-refractivity contribution in [1.29, 1.82) is 5.26 Å². The number of piperazine rings is 1. The molecule has 1 saturated heterocycles. The number of aromatic amines is 1. The van der Waals surface area contributed by atoms with Crippen LogP contribution in [-0.4, -0.2) is 65.4 Å². The van der Waals surface area contributed by atoms with Gasteiger partial charge >= 0.3 is 0 Å². The first-order chi connectivity index (χ1) is 20.1. The molecule has 3 heterocycles. The number of imide groups is 1. The molecule has 41 heavy (non-hydrogen) atoms. The van der Waals surface area contributed by atoms with E-state index in [1.54, 1.807) is 0 Å². The Labute approximate surface area is 239 Å². The molecule has 0 bridgehead atoms. The molecule has 2 aliphatic carbocycles. The Morgan fingerprint density at radius 3 is 2.59 bits per heavy atom. The normalized spacial score (nSPS) is 17.7. The van der Waals surface area contributed by atoms with Crippen LogP contribution in [0.4, 0.5) is 5.69 Å². The van der Waals surface area contributed by atoms with Gasteiger partial charge in [0.15, 0.2) is 5.76 Å². The number of aryl methyl sites for hydroxylation is 1. The van der Waals surface area contributed by atoms with Crippen LogP contribution in [-0.2, 0) is 11.2 Å². The van der Waals surface area contributed by atoms with E-state index in [1.165, 1.54) is 10.5 Å². The molecule has 210 valence electrons. The summed E-state index contributed by atoms with van der Waals surface area (Å²) in [6, 6.07) is 16.0. The minimum atomic E-state index is -0.285. The molecule has 7 rings (SSSR count). The summed E-state index contributed by atoms with van der Waals surface area (Å²) in [5, 5.41) is 11.3. The molecule has 2 aromatic carbocycles. The fourth-order valence-corrected chi connectivity index (χ4v) is 6.09. The van der Waals surface area contributed by atoms with E-state index in [2.05, 4.69) is 39.2 Å². The zero-order chi connectivity index (χ0) is 27.9. The van der Waals surface area contributed by atoms with E-state index >= 15 is 0 Å². The van der Waals surface area contributed by atoms with Gasteiger partial charge in [-0.05, 0) is 99.5 Å². The lowest BCUT2D eigenvalue weighted by atomic mass is 10.1. The smallest absolute Gasteiger partial charge is 0.296 e. The highest BCUT2D eigenvalue weighted by Crippen LogP contribution is 2.37. The standard InChI is InChI=1S/C33H35N5O3/c34-20-22-4-10-29-28(17-22)24(21-35-29)3-1-2-12-36-13-15-37(16-14-36)27-9-11-30-25(18-27)19-31(41-30)33(40)38(26-7-8-26)32(39)23-5-6-23/h4,9-11,17-19,21,23,26,35H,1-3,5-8,12-16H2. The number of hydrogen-bond donors (Lipinski definition) is 1. The number of H-pyrrole nitrogens is 1. The maximum atomic E-state index is 13.2. The predicted molar refractivity (Wildman–Crippen MR) is 158 cm³/mol. The van der Waals surface area contributed by atoms with Crippen molar-refractivity contribution in [1.82, 2.24) is 14.8 Å². The average Bonchev–Trinajstić information content (AvgIpc) is 3.94. The Hall–Kier alpha value is -4.09. The summed E-state index contributed by atoms with van der Waals surface area (Å²) in [6.07, 6.45) is 8.93. The zero-order valence-corrected chi connectivity index (χ0v) is 23.3. The number of nitrogens with one attached hydrogen (secondary N) is 1. The molecular formula is C33H35N5O3. The van der Waals surface area contributed by atoms with E-state index in [9.17, 15) is 14.9 Å². The fourth-order valence-electron chi connectivity index (χ4n) is 6.09. The molecule has 2 saturated carbocycles. The van der Waals surface area contributed by atoms with E-state index < -0.39 is 0 Å². The molecule has 1 N–H and O–H groups in total. The summed E-state index contributed by atoms with van der Waals surface area (Å²) >= 11 is 0. The van der Waals surface area contributed by atoms with Gasteiger partial charge in [0, 0.05) is 66.3 Å². The monoisotopic (exact) mass is 549 g/mol. The molecule has 8 heteroatoms.